The maximum Gasteiger partial charge on any atom is 0.322 e. The van der Waals surface area contributed by atoms with E-state index in [-0.39, 0.29) is 29.3 Å². The van der Waals surface area contributed by atoms with Crippen LogP contribution in [0.25, 0.3) is 11.7 Å². The lowest BCUT2D eigenvalue weighted by atomic mass is 9.99. The van der Waals surface area contributed by atoms with Crippen LogP contribution in [0, 0.1) is 5.92 Å². The highest BCUT2D eigenvalue weighted by Crippen LogP contribution is 2.27. The second-order valence-corrected chi connectivity index (χ2v) is 9.60. The Morgan fingerprint density at radius 3 is 2.65 bits per heavy atom. The Bertz CT molecular complexity index is 1170. The molecular weight excluding hydrogens is 492 g/mol. The number of ether oxygens (including phenoxy) is 1. The Balaban J connectivity index is 1.43. The smallest absolute Gasteiger partial charge is 0.322 e. The van der Waals surface area contributed by atoms with Crippen LogP contribution in [0.1, 0.15) is 12.8 Å². The lowest BCUT2D eigenvalue weighted by Gasteiger charge is -2.30. The second-order valence-electron chi connectivity index (χ2n) is 6.88. The molecule has 0 saturated carbocycles. The predicted octanol–water partition coefficient (Wildman–Crippen LogP) is 3.14. The molecule has 0 radical (unpaired) electrons. The van der Waals surface area contributed by atoms with Crippen molar-refractivity contribution in [2.75, 3.05) is 25.5 Å². The van der Waals surface area contributed by atoms with Crippen LogP contribution in [0.2, 0.25) is 0 Å². The van der Waals surface area contributed by atoms with Gasteiger partial charge >= 0.3 is 6.01 Å². The summed E-state index contributed by atoms with van der Waals surface area (Å²) in [6.45, 7) is 0.405. The van der Waals surface area contributed by atoms with Crippen molar-refractivity contribution in [1.29, 1.82) is 0 Å². The van der Waals surface area contributed by atoms with Gasteiger partial charge < -0.3 is 13.6 Å². The molecule has 1 fully saturated rings. The van der Waals surface area contributed by atoms with Crippen LogP contribution in [-0.2, 0) is 14.8 Å². The highest BCUT2D eigenvalue weighted by molar-refractivity contribution is 9.10. The monoisotopic (exact) mass is 510 g/mol. The maximum absolute atomic E-state index is 13.0. The molecule has 3 aromatic rings. The summed E-state index contributed by atoms with van der Waals surface area (Å²) in [5.41, 5.74) is 0. The van der Waals surface area contributed by atoms with Crippen molar-refractivity contribution in [3.05, 3.63) is 41.1 Å². The van der Waals surface area contributed by atoms with Gasteiger partial charge in [-0.15, -0.1) is 5.10 Å². The van der Waals surface area contributed by atoms with E-state index in [2.05, 4.69) is 31.4 Å². The molecule has 1 atom stereocenters. The Morgan fingerprint density at radius 1 is 1.19 bits per heavy atom. The number of rotatable bonds is 6. The van der Waals surface area contributed by atoms with E-state index < -0.39 is 15.9 Å². The first-order valence-electron chi connectivity index (χ1n) is 9.41. The van der Waals surface area contributed by atoms with Gasteiger partial charge in [0, 0.05) is 13.1 Å². The van der Waals surface area contributed by atoms with Crippen LogP contribution >= 0.6 is 15.9 Å². The van der Waals surface area contributed by atoms with E-state index in [4.69, 9.17) is 13.6 Å². The Morgan fingerprint density at radius 2 is 1.97 bits per heavy atom. The van der Waals surface area contributed by atoms with Gasteiger partial charge in [-0.3, -0.25) is 10.1 Å². The fourth-order valence-electron chi connectivity index (χ4n) is 3.28. The largest absolute Gasteiger partial charge is 0.497 e. The average Bonchev–Trinajstić information content (AvgIpc) is 3.42. The number of carbonyl (C=O) groups is 1. The fourth-order valence-corrected chi connectivity index (χ4v) is 5.11. The molecule has 4 rings (SSSR count). The molecule has 0 spiro atoms. The van der Waals surface area contributed by atoms with E-state index in [1.54, 1.807) is 24.3 Å². The first-order valence-corrected chi connectivity index (χ1v) is 11.6. The number of carbonyl (C=O) groups excluding carboxylic acids is 1. The Kier molecular flexibility index (Phi) is 6.12. The SMILES string of the molecule is COc1ccc(S(=O)(=O)N2CCCC(C(=O)Nc3nnc(-c4ccc(Br)o4)o3)C2)cc1. The fraction of sp³-hybridized carbons (Fsp3) is 0.316. The third kappa shape index (κ3) is 4.65. The Hall–Kier alpha value is -2.70. The van der Waals surface area contributed by atoms with Gasteiger partial charge in [0.1, 0.15) is 5.75 Å². The number of hydrogen-bond acceptors (Lipinski definition) is 8. The average molecular weight is 511 g/mol. The minimum absolute atomic E-state index is 0.0618. The van der Waals surface area contributed by atoms with Crippen molar-refractivity contribution in [2.45, 2.75) is 17.7 Å². The molecule has 1 unspecified atom stereocenters. The number of benzene rings is 1. The van der Waals surface area contributed by atoms with E-state index in [0.29, 0.717) is 35.6 Å². The summed E-state index contributed by atoms with van der Waals surface area (Å²) in [6.07, 6.45) is 1.11. The van der Waals surface area contributed by atoms with Gasteiger partial charge in [0.15, 0.2) is 10.4 Å². The number of amides is 1. The minimum Gasteiger partial charge on any atom is -0.497 e. The normalized spacial score (nSPS) is 17.4. The molecule has 164 valence electrons. The highest BCUT2D eigenvalue weighted by atomic mass is 79.9. The summed E-state index contributed by atoms with van der Waals surface area (Å²) in [5.74, 6) is 0.110. The maximum atomic E-state index is 13.0. The molecule has 0 bridgehead atoms. The van der Waals surface area contributed by atoms with Gasteiger partial charge in [-0.1, -0.05) is 5.10 Å². The third-order valence-electron chi connectivity index (χ3n) is 4.89. The zero-order chi connectivity index (χ0) is 22.0. The molecule has 2 aromatic heterocycles. The van der Waals surface area contributed by atoms with Crippen LogP contribution in [-0.4, -0.2) is 49.0 Å². The number of aromatic nitrogens is 2. The molecule has 31 heavy (non-hydrogen) atoms. The molecular formula is C19H19BrN4O6S. The molecule has 12 heteroatoms. The van der Waals surface area contributed by atoms with Crippen LogP contribution in [0.3, 0.4) is 0 Å². The number of anilines is 1. The van der Waals surface area contributed by atoms with Gasteiger partial charge in [-0.05, 0) is 65.2 Å². The summed E-state index contributed by atoms with van der Waals surface area (Å²) >= 11 is 3.19. The topological polar surface area (TPSA) is 128 Å². The van der Waals surface area contributed by atoms with Crippen molar-refractivity contribution in [2.24, 2.45) is 5.92 Å². The standard InChI is InChI=1S/C19H19BrN4O6S/c1-28-13-4-6-14(7-5-13)31(26,27)24-10-2-3-12(11-24)17(25)21-19-23-22-18(30-19)15-8-9-16(20)29-15/h4-9,12H,2-3,10-11H2,1H3,(H,21,23,25). The number of nitrogens with one attached hydrogen (secondary N) is 1. The zero-order valence-corrected chi connectivity index (χ0v) is 18.8. The van der Waals surface area contributed by atoms with E-state index >= 15 is 0 Å². The number of halogens is 1. The van der Waals surface area contributed by atoms with E-state index in [0.717, 1.165) is 0 Å². The van der Waals surface area contributed by atoms with Crippen molar-refractivity contribution < 1.29 is 26.8 Å². The number of furan rings is 1. The van der Waals surface area contributed by atoms with E-state index in [9.17, 15) is 13.2 Å². The summed E-state index contributed by atoms with van der Waals surface area (Å²) < 4.78 is 43.6. The summed E-state index contributed by atoms with van der Waals surface area (Å²) in [5, 5.41) is 10.2. The van der Waals surface area contributed by atoms with Gasteiger partial charge in [0.25, 0.3) is 5.89 Å². The number of hydrogen-bond donors (Lipinski definition) is 1. The molecule has 1 saturated heterocycles. The first-order chi connectivity index (χ1) is 14.9. The third-order valence-corrected chi connectivity index (χ3v) is 7.20. The van der Waals surface area contributed by atoms with Gasteiger partial charge in [0.05, 0.1) is 17.9 Å². The molecule has 1 aromatic carbocycles. The van der Waals surface area contributed by atoms with Gasteiger partial charge in [-0.25, -0.2) is 8.42 Å². The molecule has 1 N–H and O–H groups in total. The number of sulfonamides is 1. The molecule has 1 aliphatic heterocycles. The zero-order valence-electron chi connectivity index (χ0n) is 16.4. The Labute approximate surface area is 186 Å². The molecule has 1 aliphatic rings. The molecule has 10 nitrogen and oxygen atoms in total. The van der Waals surface area contributed by atoms with Gasteiger partial charge in [0.2, 0.25) is 15.9 Å². The minimum atomic E-state index is -3.73. The van der Waals surface area contributed by atoms with Crippen molar-refractivity contribution in [3.63, 3.8) is 0 Å². The number of nitrogens with zero attached hydrogens (tertiary/aromatic N) is 3. The lowest BCUT2D eigenvalue weighted by molar-refractivity contribution is -0.121. The van der Waals surface area contributed by atoms with Crippen LogP contribution < -0.4 is 10.1 Å². The van der Waals surface area contributed by atoms with Crippen LogP contribution in [0.15, 0.2) is 54.8 Å². The van der Waals surface area contributed by atoms with Crippen LogP contribution in [0.5, 0.6) is 5.75 Å². The van der Waals surface area contributed by atoms with E-state index in [1.807, 2.05) is 0 Å². The molecule has 0 aliphatic carbocycles. The van der Waals surface area contributed by atoms with Crippen molar-refractivity contribution in [1.82, 2.24) is 14.5 Å². The van der Waals surface area contributed by atoms with Crippen LogP contribution in [0.4, 0.5) is 6.01 Å². The summed E-state index contributed by atoms with van der Waals surface area (Å²) in [7, 11) is -2.22. The van der Waals surface area contributed by atoms with Crippen molar-refractivity contribution >= 4 is 37.9 Å². The molecule has 1 amide bonds. The number of piperidine rings is 1. The highest BCUT2D eigenvalue weighted by Gasteiger charge is 2.34. The molecule has 3 heterocycles. The van der Waals surface area contributed by atoms with Gasteiger partial charge in [-0.2, -0.15) is 4.31 Å². The summed E-state index contributed by atoms with van der Waals surface area (Å²) in [6, 6.07) is 9.40. The van der Waals surface area contributed by atoms with E-state index in [1.165, 1.54) is 23.5 Å². The number of methoxy groups -OCH3 is 1. The summed E-state index contributed by atoms with van der Waals surface area (Å²) in [4.78, 5) is 12.9. The lowest BCUT2D eigenvalue weighted by Crippen LogP contribution is -2.43. The quantitative estimate of drug-likeness (QED) is 0.535. The van der Waals surface area contributed by atoms with Crippen molar-refractivity contribution in [3.8, 4) is 17.4 Å². The first kappa shape index (κ1) is 21.5. The second kappa shape index (κ2) is 8.81. The predicted molar refractivity (Wildman–Crippen MR) is 113 cm³/mol.